The molecule has 0 saturated heterocycles. The molecular formula is C18H15ClN2O3S. The van der Waals surface area contributed by atoms with E-state index in [-0.39, 0.29) is 11.0 Å². The quantitative estimate of drug-likeness (QED) is 0.457. The van der Waals surface area contributed by atoms with Gasteiger partial charge in [-0.2, -0.15) is 0 Å². The van der Waals surface area contributed by atoms with Gasteiger partial charge in [-0.1, -0.05) is 47.6 Å². The topological polar surface area (TPSA) is 65.2 Å². The number of hydrogen-bond donors (Lipinski definition) is 0. The Hall–Kier alpha value is -2.31. The molecule has 3 rings (SSSR count). The van der Waals surface area contributed by atoms with E-state index in [2.05, 4.69) is 10.2 Å². The number of rotatable bonds is 6. The Kier molecular flexibility index (Phi) is 5.40. The summed E-state index contributed by atoms with van der Waals surface area (Å²) < 4.78 is 11.0. The molecule has 0 spiro atoms. The van der Waals surface area contributed by atoms with Gasteiger partial charge in [0.15, 0.2) is 5.78 Å². The highest BCUT2D eigenvalue weighted by atomic mass is 35.5. The molecular weight excluding hydrogens is 360 g/mol. The van der Waals surface area contributed by atoms with E-state index in [0.29, 0.717) is 33.0 Å². The number of carbonyl (C=O) groups is 1. The van der Waals surface area contributed by atoms with E-state index in [0.717, 1.165) is 0 Å². The lowest BCUT2D eigenvalue weighted by Crippen LogP contribution is -2.13. The molecule has 3 aromatic rings. The average Bonchev–Trinajstić information content (AvgIpc) is 3.09. The largest absolute Gasteiger partial charge is 0.496 e. The lowest BCUT2D eigenvalue weighted by molar-refractivity contribution is 0.0993. The van der Waals surface area contributed by atoms with Gasteiger partial charge in [0.2, 0.25) is 0 Å². The zero-order chi connectivity index (χ0) is 17.8. The molecule has 0 aliphatic heterocycles. The number of ketones is 1. The first kappa shape index (κ1) is 17.5. The fraction of sp³-hybridized carbons (Fsp3) is 0.167. The second-order valence-corrected chi connectivity index (χ2v) is 6.94. The molecule has 0 aliphatic rings. The van der Waals surface area contributed by atoms with Gasteiger partial charge in [-0.3, -0.25) is 4.79 Å². The van der Waals surface area contributed by atoms with Gasteiger partial charge in [0.05, 0.1) is 17.9 Å². The lowest BCUT2D eigenvalue weighted by atomic mass is 10.1. The molecule has 0 fully saturated rings. The summed E-state index contributed by atoms with van der Waals surface area (Å²) in [6.07, 6.45) is 0. The van der Waals surface area contributed by atoms with Crippen molar-refractivity contribution in [1.29, 1.82) is 0 Å². The van der Waals surface area contributed by atoms with Crippen LogP contribution in [0.3, 0.4) is 0 Å². The van der Waals surface area contributed by atoms with E-state index in [1.807, 2.05) is 24.3 Å². The first-order valence-corrected chi connectivity index (χ1v) is 8.77. The van der Waals surface area contributed by atoms with E-state index in [9.17, 15) is 4.79 Å². The van der Waals surface area contributed by atoms with Crippen LogP contribution in [0, 0.1) is 0 Å². The summed E-state index contributed by atoms with van der Waals surface area (Å²) in [5.74, 6) is 0.942. The number of benzene rings is 2. The molecule has 2 aromatic carbocycles. The summed E-state index contributed by atoms with van der Waals surface area (Å²) in [5, 5.41) is 8.52. The maximum atomic E-state index is 12.5. The number of nitrogens with zero attached hydrogens (tertiary/aromatic N) is 2. The first-order valence-electron chi connectivity index (χ1n) is 7.52. The van der Waals surface area contributed by atoms with Crippen LogP contribution >= 0.6 is 23.4 Å². The van der Waals surface area contributed by atoms with Crippen molar-refractivity contribution < 1.29 is 13.9 Å². The highest BCUT2D eigenvalue weighted by molar-refractivity contribution is 8.00. The summed E-state index contributed by atoms with van der Waals surface area (Å²) in [6, 6.07) is 14.2. The third-order valence-corrected chi connectivity index (χ3v) is 4.67. The molecule has 1 aromatic heterocycles. The van der Waals surface area contributed by atoms with E-state index in [4.69, 9.17) is 20.8 Å². The summed E-state index contributed by atoms with van der Waals surface area (Å²) in [6.45, 7) is 1.79. The fourth-order valence-electron chi connectivity index (χ4n) is 2.27. The number of Topliss-reactive ketones (excluding diaryl/α,β-unsaturated/α-hetero) is 1. The maximum Gasteiger partial charge on any atom is 0.277 e. The molecule has 25 heavy (non-hydrogen) atoms. The Bertz CT molecular complexity index is 897. The Morgan fingerprint density at radius 1 is 1.20 bits per heavy atom. The van der Waals surface area contributed by atoms with Crippen molar-refractivity contribution in [3.05, 3.63) is 59.1 Å². The number of para-hydroxylation sites is 1. The van der Waals surface area contributed by atoms with Crippen LogP contribution in [0.1, 0.15) is 17.3 Å². The number of methoxy groups -OCH3 is 1. The van der Waals surface area contributed by atoms with Crippen molar-refractivity contribution in [3.63, 3.8) is 0 Å². The van der Waals surface area contributed by atoms with Crippen LogP contribution in [0.2, 0.25) is 5.02 Å². The highest BCUT2D eigenvalue weighted by Crippen LogP contribution is 2.32. The van der Waals surface area contributed by atoms with Gasteiger partial charge in [-0.05, 0) is 31.2 Å². The van der Waals surface area contributed by atoms with Crippen molar-refractivity contribution in [2.45, 2.75) is 17.4 Å². The Morgan fingerprint density at radius 2 is 2.00 bits per heavy atom. The lowest BCUT2D eigenvalue weighted by Gasteiger charge is -2.07. The first-order chi connectivity index (χ1) is 12.1. The minimum atomic E-state index is -0.385. The van der Waals surface area contributed by atoms with E-state index >= 15 is 0 Å². The molecule has 0 aliphatic carbocycles. The third kappa shape index (κ3) is 4.03. The zero-order valence-electron chi connectivity index (χ0n) is 13.6. The molecule has 1 heterocycles. The minimum Gasteiger partial charge on any atom is -0.496 e. The average molecular weight is 375 g/mol. The van der Waals surface area contributed by atoms with Crippen molar-refractivity contribution in [2.75, 3.05) is 7.11 Å². The fourth-order valence-corrected chi connectivity index (χ4v) is 3.22. The minimum absolute atomic E-state index is 0.0514. The smallest absolute Gasteiger partial charge is 0.277 e. The second kappa shape index (κ2) is 7.72. The van der Waals surface area contributed by atoms with E-state index in [1.54, 1.807) is 38.3 Å². The van der Waals surface area contributed by atoms with Gasteiger partial charge in [-0.25, -0.2) is 0 Å². The maximum absolute atomic E-state index is 12.5. The van der Waals surface area contributed by atoms with Crippen LogP contribution in [0.4, 0.5) is 0 Å². The molecule has 0 N–H and O–H groups in total. The molecule has 0 saturated carbocycles. The highest BCUT2D eigenvalue weighted by Gasteiger charge is 2.21. The van der Waals surface area contributed by atoms with Crippen molar-refractivity contribution in [1.82, 2.24) is 10.2 Å². The van der Waals surface area contributed by atoms with Gasteiger partial charge < -0.3 is 9.15 Å². The summed E-state index contributed by atoms with van der Waals surface area (Å²) in [7, 11) is 1.58. The number of hydrogen-bond acceptors (Lipinski definition) is 6. The van der Waals surface area contributed by atoms with Gasteiger partial charge in [0.25, 0.3) is 11.1 Å². The van der Waals surface area contributed by atoms with Crippen LogP contribution < -0.4 is 4.74 Å². The SMILES string of the molecule is COc1ccccc1-c1nnc(SC(C)C(=O)c2cccc(Cl)c2)o1. The molecule has 0 radical (unpaired) electrons. The Balaban J connectivity index is 1.76. The van der Waals surface area contributed by atoms with Crippen LogP contribution in [-0.4, -0.2) is 28.3 Å². The number of aromatic nitrogens is 2. The molecule has 5 nitrogen and oxygen atoms in total. The van der Waals surface area contributed by atoms with Crippen LogP contribution in [0.15, 0.2) is 58.2 Å². The van der Waals surface area contributed by atoms with Gasteiger partial charge in [0, 0.05) is 10.6 Å². The molecule has 7 heteroatoms. The van der Waals surface area contributed by atoms with Crippen LogP contribution in [0.25, 0.3) is 11.5 Å². The number of ether oxygens (including phenoxy) is 1. The predicted molar refractivity (Wildman–Crippen MR) is 97.4 cm³/mol. The molecule has 1 atom stereocenters. The molecule has 128 valence electrons. The van der Waals surface area contributed by atoms with E-state index in [1.165, 1.54) is 11.8 Å². The standard InChI is InChI=1S/C18H15ClN2O3S/c1-11(16(22)12-6-5-7-13(19)10-12)25-18-21-20-17(24-18)14-8-3-4-9-15(14)23-2/h3-11H,1-2H3. The van der Waals surface area contributed by atoms with Crippen molar-refractivity contribution in [3.8, 4) is 17.2 Å². The summed E-state index contributed by atoms with van der Waals surface area (Å²) in [4.78, 5) is 12.5. The molecule has 0 bridgehead atoms. The van der Waals surface area contributed by atoms with Gasteiger partial charge in [-0.15, -0.1) is 10.2 Å². The van der Waals surface area contributed by atoms with Crippen LogP contribution in [-0.2, 0) is 0 Å². The Morgan fingerprint density at radius 3 is 2.76 bits per heavy atom. The number of halogens is 1. The van der Waals surface area contributed by atoms with Crippen LogP contribution in [0.5, 0.6) is 5.75 Å². The molecule has 1 unspecified atom stereocenters. The summed E-state index contributed by atoms with van der Waals surface area (Å²) >= 11 is 7.15. The predicted octanol–water partition coefficient (Wildman–Crippen LogP) is 4.76. The Labute approximate surface area is 154 Å². The number of carbonyl (C=O) groups excluding carboxylic acids is 1. The van der Waals surface area contributed by atoms with Gasteiger partial charge >= 0.3 is 0 Å². The second-order valence-electron chi connectivity index (χ2n) is 5.21. The van der Waals surface area contributed by atoms with Crippen molar-refractivity contribution >= 4 is 29.1 Å². The normalized spacial score (nSPS) is 12.0. The van der Waals surface area contributed by atoms with Gasteiger partial charge in [0.1, 0.15) is 5.75 Å². The zero-order valence-corrected chi connectivity index (χ0v) is 15.2. The molecule has 0 amide bonds. The third-order valence-electron chi connectivity index (χ3n) is 3.50. The monoisotopic (exact) mass is 374 g/mol. The summed E-state index contributed by atoms with van der Waals surface area (Å²) in [5.41, 5.74) is 1.26. The van der Waals surface area contributed by atoms with E-state index < -0.39 is 0 Å². The van der Waals surface area contributed by atoms with Crippen molar-refractivity contribution in [2.24, 2.45) is 0 Å². The number of thioether (sulfide) groups is 1.